The Morgan fingerprint density at radius 1 is 1.24 bits per heavy atom. The van der Waals surface area contributed by atoms with Crippen LogP contribution in [-0.2, 0) is 0 Å². The van der Waals surface area contributed by atoms with Crippen molar-refractivity contribution < 1.29 is 0 Å². The minimum atomic E-state index is 0.324. The van der Waals surface area contributed by atoms with Crippen LogP contribution < -0.4 is 5.73 Å². The lowest BCUT2D eigenvalue weighted by atomic mass is 9.76. The van der Waals surface area contributed by atoms with Crippen LogP contribution in [0.2, 0.25) is 0 Å². The zero-order valence-corrected chi connectivity index (χ0v) is 10.3. The minimum absolute atomic E-state index is 0.324. The van der Waals surface area contributed by atoms with Crippen LogP contribution in [0.25, 0.3) is 10.9 Å². The standard InChI is InChI=1S/C15H20N2/c1-10-6-7-14(16)12(8-10)13-9-17-15-5-3-2-4-11(13)15/h2-5,9-10,12,14,17H,6-8,16H2,1H3. The van der Waals surface area contributed by atoms with Crippen LogP contribution in [-0.4, -0.2) is 11.0 Å². The van der Waals surface area contributed by atoms with E-state index in [-0.39, 0.29) is 0 Å². The zero-order chi connectivity index (χ0) is 11.8. The molecule has 0 spiro atoms. The molecule has 3 rings (SSSR count). The van der Waals surface area contributed by atoms with Gasteiger partial charge in [-0.3, -0.25) is 0 Å². The van der Waals surface area contributed by atoms with Crippen LogP contribution in [0.3, 0.4) is 0 Å². The van der Waals surface area contributed by atoms with E-state index in [1.165, 1.54) is 29.3 Å². The number of aromatic amines is 1. The van der Waals surface area contributed by atoms with Crippen LogP contribution in [0.1, 0.15) is 37.7 Å². The number of nitrogens with one attached hydrogen (secondary N) is 1. The molecule has 1 fully saturated rings. The molecule has 0 saturated heterocycles. The maximum atomic E-state index is 6.31. The van der Waals surface area contributed by atoms with Crippen molar-refractivity contribution in [1.29, 1.82) is 0 Å². The normalized spacial score (nSPS) is 29.6. The molecule has 2 nitrogen and oxygen atoms in total. The van der Waals surface area contributed by atoms with Gasteiger partial charge in [-0.15, -0.1) is 0 Å². The van der Waals surface area contributed by atoms with Crippen molar-refractivity contribution in [2.45, 2.75) is 38.1 Å². The van der Waals surface area contributed by atoms with Crippen LogP contribution in [0.4, 0.5) is 0 Å². The highest BCUT2D eigenvalue weighted by molar-refractivity contribution is 5.83. The number of para-hydroxylation sites is 1. The first-order valence-corrected chi connectivity index (χ1v) is 6.57. The maximum Gasteiger partial charge on any atom is 0.0456 e. The van der Waals surface area contributed by atoms with Crippen molar-refractivity contribution in [1.82, 2.24) is 4.98 Å². The van der Waals surface area contributed by atoms with E-state index in [2.05, 4.69) is 42.4 Å². The van der Waals surface area contributed by atoms with Gasteiger partial charge < -0.3 is 10.7 Å². The fourth-order valence-electron chi connectivity index (χ4n) is 3.16. The predicted molar refractivity (Wildman–Crippen MR) is 72.0 cm³/mol. The largest absolute Gasteiger partial charge is 0.361 e. The number of benzene rings is 1. The summed E-state index contributed by atoms with van der Waals surface area (Å²) in [5.74, 6) is 1.32. The number of aromatic nitrogens is 1. The Labute approximate surface area is 102 Å². The number of hydrogen-bond acceptors (Lipinski definition) is 1. The highest BCUT2D eigenvalue weighted by Gasteiger charge is 2.28. The monoisotopic (exact) mass is 228 g/mol. The first-order valence-electron chi connectivity index (χ1n) is 6.57. The second-order valence-electron chi connectivity index (χ2n) is 5.48. The summed E-state index contributed by atoms with van der Waals surface area (Å²) < 4.78 is 0. The maximum absolute atomic E-state index is 6.31. The zero-order valence-electron chi connectivity index (χ0n) is 10.3. The molecule has 1 aromatic carbocycles. The van der Waals surface area contributed by atoms with Gasteiger partial charge in [-0.05, 0) is 36.8 Å². The summed E-state index contributed by atoms with van der Waals surface area (Å²) in [6, 6.07) is 8.85. The van der Waals surface area contributed by atoms with Crippen LogP contribution >= 0.6 is 0 Å². The minimum Gasteiger partial charge on any atom is -0.361 e. The number of nitrogens with two attached hydrogens (primary N) is 1. The Balaban J connectivity index is 2.02. The first-order chi connectivity index (χ1) is 8.25. The Bertz CT molecular complexity index is 514. The molecule has 1 aliphatic rings. The van der Waals surface area contributed by atoms with E-state index in [1.807, 2.05) is 0 Å². The van der Waals surface area contributed by atoms with Gasteiger partial charge in [-0.1, -0.05) is 25.1 Å². The van der Waals surface area contributed by atoms with Crippen molar-refractivity contribution in [3.63, 3.8) is 0 Å². The SMILES string of the molecule is CC1CCC(N)C(c2c[nH]c3ccccc23)C1. The van der Waals surface area contributed by atoms with E-state index in [9.17, 15) is 0 Å². The predicted octanol–water partition coefficient (Wildman–Crippen LogP) is 3.40. The Morgan fingerprint density at radius 2 is 2.06 bits per heavy atom. The Hall–Kier alpha value is -1.28. The summed E-state index contributed by atoms with van der Waals surface area (Å²) in [4.78, 5) is 3.37. The van der Waals surface area contributed by atoms with Crippen molar-refractivity contribution in [3.8, 4) is 0 Å². The van der Waals surface area contributed by atoms with E-state index >= 15 is 0 Å². The van der Waals surface area contributed by atoms with E-state index in [4.69, 9.17) is 5.73 Å². The fraction of sp³-hybridized carbons (Fsp3) is 0.467. The van der Waals surface area contributed by atoms with Gasteiger partial charge in [-0.2, -0.15) is 0 Å². The van der Waals surface area contributed by atoms with E-state index in [0.717, 1.165) is 12.3 Å². The summed E-state index contributed by atoms with van der Waals surface area (Å²) in [6.45, 7) is 2.34. The highest BCUT2D eigenvalue weighted by Crippen LogP contribution is 2.38. The highest BCUT2D eigenvalue weighted by atomic mass is 14.7. The molecular weight excluding hydrogens is 208 g/mol. The van der Waals surface area contributed by atoms with Gasteiger partial charge in [0.1, 0.15) is 0 Å². The molecule has 90 valence electrons. The molecular formula is C15H20N2. The van der Waals surface area contributed by atoms with E-state index < -0.39 is 0 Å². The van der Waals surface area contributed by atoms with Crippen molar-refractivity contribution in [3.05, 3.63) is 36.0 Å². The van der Waals surface area contributed by atoms with Gasteiger partial charge >= 0.3 is 0 Å². The molecule has 3 N–H and O–H groups in total. The fourth-order valence-corrected chi connectivity index (χ4v) is 3.16. The number of rotatable bonds is 1. The molecule has 3 unspecified atom stereocenters. The second-order valence-corrected chi connectivity index (χ2v) is 5.48. The van der Waals surface area contributed by atoms with Crippen LogP contribution in [0, 0.1) is 5.92 Å². The van der Waals surface area contributed by atoms with Crippen LogP contribution in [0.15, 0.2) is 30.5 Å². The number of H-pyrrole nitrogens is 1. The third-order valence-electron chi connectivity index (χ3n) is 4.19. The lowest BCUT2D eigenvalue weighted by molar-refractivity contribution is 0.307. The third-order valence-corrected chi connectivity index (χ3v) is 4.19. The van der Waals surface area contributed by atoms with Crippen molar-refractivity contribution in [2.75, 3.05) is 0 Å². The summed E-state index contributed by atoms with van der Waals surface area (Å²) in [6.07, 6.45) is 5.82. The molecule has 2 aromatic rings. The smallest absolute Gasteiger partial charge is 0.0456 e. The number of hydrogen-bond donors (Lipinski definition) is 2. The average molecular weight is 228 g/mol. The van der Waals surface area contributed by atoms with Crippen LogP contribution in [0.5, 0.6) is 0 Å². The quantitative estimate of drug-likeness (QED) is 0.771. The molecule has 17 heavy (non-hydrogen) atoms. The van der Waals surface area contributed by atoms with Crippen molar-refractivity contribution >= 4 is 10.9 Å². The summed E-state index contributed by atoms with van der Waals surface area (Å²) in [7, 11) is 0. The van der Waals surface area contributed by atoms with E-state index in [0.29, 0.717) is 12.0 Å². The lowest BCUT2D eigenvalue weighted by Crippen LogP contribution is -2.33. The lowest BCUT2D eigenvalue weighted by Gasteiger charge is -2.32. The molecule has 1 aromatic heterocycles. The topological polar surface area (TPSA) is 41.8 Å². The molecule has 0 radical (unpaired) electrons. The summed E-state index contributed by atoms with van der Waals surface area (Å²) in [5, 5.41) is 1.35. The number of fused-ring (bicyclic) bond motifs is 1. The van der Waals surface area contributed by atoms with Gasteiger partial charge in [0, 0.05) is 29.1 Å². The van der Waals surface area contributed by atoms with Crippen molar-refractivity contribution in [2.24, 2.45) is 11.7 Å². The van der Waals surface area contributed by atoms with Gasteiger partial charge in [-0.25, -0.2) is 0 Å². The summed E-state index contributed by atoms with van der Waals surface area (Å²) >= 11 is 0. The molecule has 2 heteroatoms. The molecule has 1 heterocycles. The molecule has 1 aliphatic carbocycles. The third kappa shape index (κ3) is 1.87. The van der Waals surface area contributed by atoms with Gasteiger partial charge in [0.2, 0.25) is 0 Å². The Kier molecular flexibility index (Phi) is 2.67. The molecule has 0 amide bonds. The van der Waals surface area contributed by atoms with Gasteiger partial charge in [0.15, 0.2) is 0 Å². The van der Waals surface area contributed by atoms with Gasteiger partial charge in [0.25, 0.3) is 0 Å². The first kappa shape index (κ1) is 10.8. The average Bonchev–Trinajstić information content (AvgIpc) is 2.76. The van der Waals surface area contributed by atoms with E-state index in [1.54, 1.807) is 0 Å². The Morgan fingerprint density at radius 3 is 2.94 bits per heavy atom. The molecule has 0 aliphatic heterocycles. The second kappa shape index (κ2) is 4.19. The molecule has 1 saturated carbocycles. The molecule has 0 bridgehead atoms. The van der Waals surface area contributed by atoms with Gasteiger partial charge in [0.05, 0.1) is 0 Å². The summed E-state index contributed by atoms with van der Waals surface area (Å²) in [5.41, 5.74) is 8.96. The molecule has 3 atom stereocenters.